The molecule has 1 N–H and O–H groups in total. The summed E-state index contributed by atoms with van der Waals surface area (Å²) in [5.74, 6) is 0.551. The minimum absolute atomic E-state index is 0.551. The van der Waals surface area contributed by atoms with Crippen molar-refractivity contribution in [1.29, 1.82) is 0 Å². The van der Waals surface area contributed by atoms with Crippen LogP contribution in [0.3, 0.4) is 0 Å². The zero-order valence-corrected chi connectivity index (χ0v) is 12.5. The van der Waals surface area contributed by atoms with Gasteiger partial charge in [0.25, 0.3) is 0 Å². The Morgan fingerprint density at radius 3 is 2.74 bits per heavy atom. The van der Waals surface area contributed by atoms with Crippen molar-refractivity contribution < 1.29 is 4.42 Å². The largest absolute Gasteiger partial charge is 0.450 e. The Kier molecular flexibility index (Phi) is 3.24. The van der Waals surface area contributed by atoms with Crippen molar-refractivity contribution in [3.05, 3.63) is 66.0 Å². The van der Waals surface area contributed by atoms with Gasteiger partial charge in [0.05, 0.1) is 6.21 Å². The highest BCUT2D eigenvalue weighted by atomic mass is 16.3. The number of anilines is 1. The van der Waals surface area contributed by atoms with Gasteiger partial charge in [-0.3, -0.25) is 5.43 Å². The summed E-state index contributed by atoms with van der Waals surface area (Å²) in [4.78, 5) is 8.53. The number of nitrogens with zero attached hydrogens (tertiary/aromatic N) is 3. The van der Waals surface area contributed by atoms with Crippen LogP contribution in [-0.2, 0) is 0 Å². The maximum Gasteiger partial charge on any atom is 0.197 e. The van der Waals surface area contributed by atoms with E-state index in [4.69, 9.17) is 4.42 Å². The molecule has 0 radical (unpaired) electrons. The zero-order chi connectivity index (χ0) is 15.6. The van der Waals surface area contributed by atoms with Crippen LogP contribution in [0.25, 0.3) is 22.1 Å². The zero-order valence-electron chi connectivity index (χ0n) is 12.5. The summed E-state index contributed by atoms with van der Waals surface area (Å²) in [6.45, 7) is 2.05. The van der Waals surface area contributed by atoms with Gasteiger partial charge >= 0.3 is 0 Å². The number of benzene rings is 2. The summed E-state index contributed by atoms with van der Waals surface area (Å²) in [7, 11) is 0. The number of hydrazone groups is 1. The SMILES string of the molecule is Cc1ccc(/C=N\Nc2ncnc3c2oc2ccccc23)cc1. The van der Waals surface area contributed by atoms with Crippen LogP contribution < -0.4 is 5.43 Å². The highest BCUT2D eigenvalue weighted by Gasteiger charge is 2.11. The average molecular weight is 302 g/mol. The Morgan fingerprint density at radius 2 is 1.87 bits per heavy atom. The van der Waals surface area contributed by atoms with Gasteiger partial charge in [-0.25, -0.2) is 9.97 Å². The standard InChI is InChI=1S/C18H14N4O/c1-12-6-8-13(9-7-12)10-21-22-18-17-16(19-11-20-18)14-4-2-3-5-15(14)23-17/h2-11H,1H3,(H,19,20,22)/b21-10-. The van der Waals surface area contributed by atoms with E-state index in [2.05, 4.69) is 27.4 Å². The summed E-state index contributed by atoms with van der Waals surface area (Å²) >= 11 is 0. The van der Waals surface area contributed by atoms with Gasteiger partial charge in [-0.2, -0.15) is 5.10 Å². The molecule has 23 heavy (non-hydrogen) atoms. The number of aromatic nitrogens is 2. The van der Waals surface area contributed by atoms with Gasteiger partial charge in [0.15, 0.2) is 11.4 Å². The van der Waals surface area contributed by atoms with Gasteiger partial charge in [0, 0.05) is 5.39 Å². The number of para-hydroxylation sites is 1. The molecule has 0 aliphatic heterocycles. The third kappa shape index (κ3) is 2.53. The number of hydrogen-bond acceptors (Lipinski definition) is 5. The van der Waals surface area contributed by atoms with Crippen LogP contribution in [0.5, 0.6) is 0 Å². The maximum absolute atomic E-state index is 5.84. The lowest BCUT2D eigenvalue weighted by atomic mass is 10.2. The van der Waals surface area contributed by atoms with Crippen LogP contribution in [0.15, 0.2) is 64.4 Å². The van der Waals surface area contributed by atoms with E-state index in [0.29, 0.717) is 11.4 Å². The van der Waals surface area contributed by atoms with Gasteiger partial charge in [-0.1, -0.05) is 42.0 Å². The summed E-state index contributed by atoms with van der Waals surface area (Å²) in [5, 5.41) is 5.20. The van der Waals surface area contributed by atoms with E-state index >= 15 is 0 Å². The second kappa shape index (κ2) is 5.53. The maximum atomic E-state index is 5.84. The first-order valence-electron chi connectivity index (χ1n) is 7.29. The third-order valence-electron chi connectivity index (χ3n) is 3.62. The molecular weight excluding hydrogens is 288 g/mol. The van der Waals surface area contributed by atoms with Gasteiger partial charge in [-0.05, 0) is 24.6 Å². The Bertz CT molecular complexity index is 1000. The fourth-order valence-electron chi connectivity index (χ4n) is 2.42. The summed E-state index contributed by atoms with van der Waals surface area (Å²) in [6.07, 6.45) is 3.25. The van der Waals surface area contributed by atoms with Crippen molar-refractivity contribution in [1.82, 2.24) is 9.97 Å². The first-order chi connectivity index (χ1) is 11.3. The highest BCUT2D eigenvalue weighted by molar-refractivity contribution is 6.05. The number of aryl methyl sites for hydroxylation is 1. The molecule has 0 unspecified atom stereocenters. The van der Waals surface area contributed by atoms with Gasteiger partial charge < -0.3 is 4.42 Å². The van der Waals surface area contributed by atoms with Crippen molar-refractivity contribution in [3.8, 4) is 0 Å². The Hall–Kier alpha value is -3.21. The van der Waals surface area contributed by atoms with Crippen LogP contribution in [-0.4, -0.2) is 16.2 Å². The first-order valence-corrected chi connectivity index (χ1v) is 7.29. The molecule has 0 fully saturated rings. The van der Waals surface area contributed by atoms with Gasteiger partial charge in [0.2, 0.25) is 0 Å². The van der Waals surface area contributed by atoms with E-state index < -0.39 is 0 Å². The number of hydrogen-bond donors (Lipinski definition) is 1. The smallest absolute Gasteiger partial charge is 0.197 e. The van der Waals surface area contributed by atoms with Crippen molar-refractivity contribution in [2.45, 2.75) is 6.92 Å². The Labute approximate surface area is 132 Å². The van der Waals surface area contributed by atoms with Crippen molar-refractivity contribution in [2.75, 3.05) is 5.43 Å². The van der Waals surface area contributed by atoms with Gasteiger partial charge in [-0.15, -0.1) is 0 Å². The topological polar surface area (TPSA) is 63.3 Å². The number of furan rings is 1. The first kappa shape index (κ1) is 13.5. The summed E-state index contributed by atoms with van der Waals surface area (Å²) in [6, 6.07) is 15.9. The lowest BCUT2D eigenvalue weighted by Crippen LogP contribution is -1.94. The average Bonchev–Trinajstić information content (AvgIpc) is 2.96. The fraction of sp³-hybridized carbons (Fsp3) is 0.0556. The molecule has 2 aromatic carbocycles. The monoisotopic (exact) mass is 302 g/mol. The molecule has 5 heteroatoms. The number of nitrogens with one attached hydrogen (secondary N) is 1. The number of fused-ring (bicyclic) bond motifs is 3. The molecule has 4 rings (SSSR count). The molecule has 0 saturated heterocycles. The lowest BCUT2D eigenvalue weighted by Gasteiger charge is -1.99. The minimum atomic E-state index is 0.551. The highest BCUT2D eigenvalue weighted by Crippen LogP contribution is 2.30. The van der Waals surface area contributed by atoms with Crippen molar-refractivity contribution in [3.63, 3.8) is 0 Å². The molecule has 0 atom stereocenters. The van der Waals surface area contributed by atoms with E-state index in [1.807, 2.05) is 48.5 Å². The Balaban J connectivity index is 1.67. The molecule has 5 nitrogen and oxygen atoms in total. The minimum Gasteiger partial charge on any atom is -0.450 e. The van der Waals surface area contributed by atoms with E-state index in [0.717, 1.165) is 22.0 Å². The molecule has 112 valence electrons. The number of rotatable bonds is 3. The molecule has 4 aromatic rings. The summed E-state index contributed by atoms with van der Waals surface area (Å²) < 4.78 is 5.84. The molecule has 0 bridgehead atoms. The van der Waals surface area contributed by atoms with Crippen LogP contribution in [0.1, 0.15) is 11.1 Å². The fourth-order valence-corrected chi connectivity index (χ4v) is 2.42. The van der Waals surface area contributed by atoms with E-state index in [1.165, 1.54) is 11.9 Å². The molecule has 2 heterocycles. The summed E-state index contributed by atoms with van der Waals surface area (Å²) in [5.41, 5.74) is 7.34. The van der Waals surface area contributed by atoms with E-state index in [9.17, 15) is 0 Å². The van der Waals surface area contributed by atoms with Crippen molar-refractivity contribution in [2.24, 2.45) is 5.10 Å². The van der Waals surface area contributed by atoms with E-state index in [1.54, 1.807) is 6.21 Å². The normalized spacial score (nSPS) is 11.5. The molecular formula is C18H14N4O. The predicted octanol–water partition coefficient (Wildman–Crippen LogP) is 4.13. The second-order valence-electron chi connectivity index (χ2n) is 5.28. The molecule has 0 aliphatic rings. The quantitative estimate of drug-likeness (QED) is 0.456. The lowest BCUT2D eigenvalue weighted by molar-refractivity contribution is 0.667. The molecule has 0 spiro atoms. The van der Waals surface area contributed by atoms with Crippen LogP contribution in [0, 0.1) is 6.92 Å². The third-order valence-corrected chi connectivity index (χ3v) is 3.62. The van der Waals surface area contributed by atoms with Gasteiger partial charge in [0.1, 0.15) is 17.4 Å². The molecule has 0 aliphatic carbocycles. The second-order valence-corrected chi connectivity index (χ2v) is 5.28. The van der Waals surface area contributed by atoms with Crippen LogP contribution in [0.4, 0.5) is 5.82 Å². The predicted molar refractivity (Wildman–Crippen MR) is 91.7 cm³/mol. The van der Waals surface area contributed by atoms with Crippen LogP contribution in [0.2, 0.25) is 0 Å². The Morgan fingerprint density at radius 1 is 1.04 bits per heavy atom. The molecule has 0 saturated carbocycles. The molecule has 2 aromatic heterocycles. The van der Waals surface area contributed by atoms with Crippen molar-refractivity contribution >= 4 is 34.1 Å². The van der Waals surface area contributed by atoms with Crippen LogP contribution >= 0.6 is 0 Å². The molecule has 0 amide bonds. The van der Waals surface area contributed by atoms with E-state index in [-0.39, 0.29) is 0 Å².